The maximum atomic E-state index is 13.1. The first kappa shape index (κ1) is 26.5. The third-order valence-electron chi connectivity index (χ3n) is 4.35. The normalized spacial score (nSPS) is 12.0. The number of anilines is 3. The molecule has 11 heteroatoms. The molecule has 0 unspecified atom stereocenters. The van der Waals surface area contributed by atoms with Gasteiger partial charge in [-0.1, -0.05) is 12.1 Å². The van der Waals surface area contributed by atoms with Crippen LogP contribution in [-0.2, 0) is 24.6 Å². The van der Waals surface area contributed by atoms with Crippen LogP contribution in [0.25, 0.3) is 0 Å². The van der Waals surface area contributed by atoms with Gasteiger partial charge in [0, 0.05) is 18.8 Å². The van der Waals surface area contributed by atoms with Crippen LogP contribution < -0.4 is 16.4 Å². The highest BCUT2D eigenvalue weighted by Crippen LogP contribution is 2.31. The van der Waals surface area contributed by atoms with Crippen molar-refractivity contribution in [2.24, 2.45) is 5.73 Å². The van der Waals surface area contributed by atoms with Crippen molar-refractivity contribution in [1.82, 2.24) is 4.98 Å². The first-order valence-electron chi connectivity index (χ1n) is 10.5. The molecular weight excluding hydrogens is 442 g/mol. The number of nitrogens with one attached hydrogen (secondary N) is 2. The smallest absolute Gasteiger partial charge is 0.343 e. The summed E-state index contributed by atoms with van der Waals surface area (Å²) in [6.07, 6.45) is 0. The highest BCUT2D eigenvalue weighted by atomic mass is 16.6. The Hall–Kier alpha value is -3.73. The molecule has 0 aliphatic carbocycles. The van der Waals surface area contributed by atoms with Crippen LogP contribution in [0, 0.1) is 10.1 Å². The van der Waals surface area contributed by atoms with Gasteiger partial charge in [0.25, 0.3) is 0 Å². The van der Waals surface area contributed by atoms with Crippen LogP contribution in [0.4, 0.5) is 23.0 Å². The van der Waals surface area contributed by atoms with E-state index in [0.29, 0.717) is 11.5 Å². The third-order valence-corrected chi connectivity index (χ3v) is 4.35. The second kappa shape index (κ2) is 9.64. The van der Waals surface area contributed by atoms with E-state index in [1.54, 1.807) is 60.7 Å². The number of nitrogens with two attached hydrogens (primary N) is 1. The highest BCUT2D eigenvalue weighted by Gasteiger charge is 2.49. The monoisotopic (exact) mass is 473 g/mol. The highest BCUT2D eigenvalue weighted by molar-refractivity contribution is 6.06. The zero-order chi connectivity index (χ0) is 25.9. The average molecular weight is 474 g/mol. The Labute approximate surface area is 198 Å². The van der Waals surface area contributed by atoms with E-state index in [0.717, 1.165) is 0 Å². The number of nitrogens with zero attached hydrogens (tertiary/aromatic N) is 2. The summed E-state index contributed by atoms with van der Waals surface area (Å²) in [5.41, 5.74) is 2.40. The fourth-order valence-corrected chi connectivity index (χ4v) is 2.85. The maximum Gasteiger partial charge on any atom is 0.343 e. The summed E-state index contributed by atoms with van der Waals surface area (Å²) in [4.78, 5) is 41.3. The zero-order valence-corrected chi connectivity index (χ0v) is 20.4. The van der Waals surface area contributed by atoms with Crippen molar-refractivity contribution in [1.29, 1.82) is 0 Å². The SMILES string of the molecule is CNc1ccc([N+](=O)[O-])c(Nc2cccc(C(N)(C(=O)OC(C)(C)C)C(=O)OC(C)(C)C)c2)n1. The molecule has 0 amide bonds. The van der Waals surface area contributed by atoms with E-state index in [1.807, 2.05) is 0 Å². The molecule has 0 spiro atoms. The van der Waals surface area contributed by atoms with E-state index in [1.165, 1.54) is 24.3 Å². The second-order valence-corrected chi connectivity index (χ2v) is 9.59. The number of esters is 2. The van der Waals surface area contributed by atoms with Crippen LogP contribution in [0.2, 0.25) is 0 Å². The van der Waals surface area contributed by atoms with Crippen LogP contribution in [0.3, 0.4) is 0 Å². The number of benzene rings is 1. The topological polar surface area (TPSA) is 159 Å². The summed E-state index contributed by atoms with van der Waals surface area (Å²) in [5.74, 6) is -1.62. The summed E-state index contributed by atoms with van der Waals surface area (Å²) in [5, 5.41) is 17.1. The van der Waals surface area contributed by atoms with Gasteiger partial charge < -0.3 is 25.8 Å². The van der Waals surface area contributed by atoms with Crippen molar-refractivity contribution in [2.75, 3.05) is 17.7 Å². The van der Waals surface area contributed by atoms with Crippen molar-refractivity contribution >= 4 is 34.9 Å². The quantitative estimate of drug-likeness (QED) is 0.235. The summed E-state index contributed by atoms with van der Waals surface area (Å²) in [6, 6.07) is 8.80. The van der Waals surface area contributed by atoms with Gasteiger partial charge in [0.2, 0.25) is 11.4 Å². The lowest BCUT2D eigenvalue weighted by Crippen LogP contribution is -2.56. The number of hydrogen-bond acceptors (Lipinski definition) is 10. The van der Waals surface area contributed by atoms with E-state index >= 15 is 0 Å². The van der Waals surface area contributed by atoms with Gasteiger partial charge in [-0.25, -0.2) is 14.6 Å². The molecule has 0 aliphatic rings. The molecule has 0 atom stereocenters. The Kier molecular flexibility index (Phi) is 7.52. The molecule has 1 heterocycles. The van der Waals surface area contributed by atoms with Gasteiger partial charge in [-0.05, 0) is 65.3 Å². The number of aromatic nitrogens is 1. The molecular formula is C23H31N5O6. The predicted octanol–water partition coefficient (Wildman–Crippen LogP) is 3.61. The van der Waals surface area contributed by atoms with E-state index in [-0.39, 0.29) is 17.1 Å². The van der Waals surface area contributed by atoms with Crippen LogP contribution in [-0.4, -0.2) is 40.1 Å². The number of nitro groups is 1. The molecule has 1 aromatic heterocycles. The number of carbonyl (C=O) groups is 2. The minimum absolute atomic E-state index is 0.0360. The summed E-state index contributed by atoms with van der Waals surface area (Å²) >= 11 is 0. The Balaban J connectivity index is 2.56. The van der Waals surface area contributed by atoms with Crippen molar-refractivity contribution < 1.29 is 24.0 Å². The van der Waals surface area contributed by atoms with Gasteiger partial charge in [-0.15, -0.1) is 0 Å². The molecule has 0 radical (unpaired) electrons. The Morgan fingerprint density at radius 2 is 1.56 bits per heavy atom. The molecule has 11 nitrogen and oxygen atoms in total. The fraction of sp³-hybridized carbons (Fsp3) is 0.435. The van der Waals surface area contributed by atoms with E-state index in [4.69, 9.17) is 15.2 Å². The number of hydrogen-bond donors (Lipinski definition) is 3. The fourth-order valence-electron chi connectivity index (χ4n) is 2.85. The lowest BCUT2D eigenvalue weighted by Gasteiger charge is -2.32. The second-order valence-electron chi connectivity index (χ2n) is 9.59. The van der Waals surface area contributed by atoms with Crippen LogP contribution >= 0.6 is 0 Å². The molecule has 184 valence electrons. The minimum Gasteiger partial charge on any atom is -0.458 e. The summed E-state index contributed by atoms with van der Waals surface area (Å²) in [7, 11) is 1.63. The van der Waals surface area contributed by atoms with Crippen LogP contribution in [0.5, 0.6) is 0 Å². The van der Waals surface area contributed by atoms with Crippen molar-refractivity contribution in [3.05, 3.63) is 52.1 Å². The molecule has 0 aliphatic heterocycles. The largest absolute Gasteiger partial charge is 0.458 e. The van der Waals surface area contributed by atoms with Gasteiger partial charge in [0.1, 0.15) is 17.0 Å². The van der Waals surface area contributed by atoms with Gasteiger partial charge >= 0.3 is 17.6 Å². The first-order chi connectivity index (χ1) is 15.6. The molecule has 0 saturated carbocycles. The first-order valence-corrected chi connectivity index (χ1v) is 10.5. The standard InChI is InChI=1S/C23H31N5O6/c1-21(2,3)33-19(29)23(24,20(30)34-22(4,5)6)14-9-8-10-15(13-14)26-18-16(28(31)32)11-12-17(25-7)27-18/h8-13H,24H2,1-7H3,(H2,25,26,27). The summed E-state index contributed by atoms with van der Waals surface area (Å²) in [6.45, 7) is 9.90. The van der Waals surface area contributed by atoms with Gasteiger partial charge in [0.05, 0.1) is 4.92 Å². The molecule has 2 rings (SSSR count). The maximum absolute atomic E-state index is 13.1. The molecule has 2 aromatic rings. The molecule has 0 bridgehead atoms. The van der Waals surface area contributed by atoms with Crippen molar-refractivity contribution in [2.45, 2.75) is 58.3 Å². The molecule has 1 aromatic carbocycles. The predicted molar refractivity (Wildman–Crippen MR) is 128 cm³/mol. The minimum atomic E-state index is -2.29. The van der Waals surface area contributed by atoms with E-state index in [9.17, 15) is 19.7 Å². The summed E-state index contributed by atoms with van der Waals surface area (Å²) < 4.78 is 10.9. The number of carbonyl (C=O) groups excluding carboxylic acids is 2. The number of rotatable bonds is 7. The average Bonchev–Trinajstić information content (AvgIpc) is 2.70. The molecule has 0 fully saturated rings. The van der Waals surface area contributed by atoms with Gasteiger partial charge in [-0.2, -0.15) is 0 Å². The number of pyridine rings is 1. The Morgan fingerprint density at radius 1 is 1.00 bits per heavy atom. The lowest BCUT2D eigenvalue weighted by molar-refractivity contribution is -0.384. The van der Waals surface area contributed by atoms with Crippen LogP contribution in [0.1, 0.15) is 47.1 Å². The third kappa shape index (κ3) is 6.41. The van der Waals surface area contributed by atoms with Crippen LogP contribution in [0.15, 0.2) is 36.4 Å². The Bertz CT molecular complexity index is 1060. The van der Waals surface area contributed by atoms with Crippen molar-refractivity contribution in [3.63, 3.8) is 0 Å². The molecule has 34 heavy (non-hydrogen) atoms. The van der Waals surface area contributed by atoms with Gasteiger partial charge in [-0.3, -0.25) is 10.1 Å². The van der Waals surface area contributed by atoms with Crippen molar-refractivity contribution in [3.8, 4) is 0 Å². The zero-order valence-electron chi connectivity index (χ0n) is 20.4. The van der Waals surface area contributed by atoms with E-state index in [2.05, 4.69) is 15.6 Å². The number of ether oxygens (including phenoxy) is 2. The Morgan fingerprint density at radius 3 is 2.03 bits per heavy atom. The molecule has 4 N–H and O–H groups in total. The molecule has 0 saturated heterocycles. The lowest BCUT2D eigenvalue weighted by atomic mass is 9.90. The van der Waals surface area contributed by atoms with Gasteiger partial charge in [0.15, 0.2) is 0 Å². The van der Waals surface area contributed by atoms with E-state index < -0.39 is 33.6 Å².